The average Bonchev–Trinajstić information content (AvgIpc) is 2.83. The number of nitrogens with zero attached hydrogens (tertiary/aromatic N) is 1. The van der Waals surface area contributed by atoms with Crippen molar-refractivity contribution in [2.24, 2.45) is 0 Å². The molecule has 1 heterocycles. The van der Waals surface area contributed by atoms with E-state index in [1.54, 1.807) is 19.1 Å². The van der Waals surface area contributed by atoms with Crippen molar-refractivity contribution in [3.8, 4) is 0 Å². The topological polar surface area (TPSA) is 128 Å². The first-order valence-corrected chi connectivity index (χ1v) is 11.5. The van der Waals surface area contributed by atoms with E-state index in [2.05, 4.69) is 10.1 Å². The van der Waals surface area contributed by atoms with Gasteiger partial charge in [0, 0.05) is 13.1 Å². The summed E-state index contributed by atoms with van der Waals surface area (Å²) in [5, 5.41) is 2.49. The Balaban J connectivity index is 1.69. The Kier molecular flexibility index (Phi) is 7.79. The molecule has 1 aliphatic rings. The van der Waals surface area contributed by atoms with E-state index in [0.29, 0.717) is 18.8 Å². The second-order valence-electron chi connectivity index (χ2n) is 7.15. The molecule has 10 nitrogen and oxygen atoms in total. The molecule has 1 saturated heterocycles. The van der Waals surface area contributed by atoms with Crippen molar-refractivity contribution in [2.45, 2.75) is 11.8 Å². The highest BCUT2D eigenvalue weighted by Gasteiger charge is 2.27. The largest absolute Gasteiger partial charge is 0.465 e. The first kappa shape index (κ1) is 24.4. The van der Waals surface area contributed by atoms with Crippen LogP contribution in [0.4, 0.5) is 5.69 Å². The number of anilines is 1. The van der Waals surface area contributed by atoms with Gasteiger partial charge in [-0.25, -0.2) is 18.0 Å². The number of hydrogen-bond donors (Lipinski definition) is 1. The number of sulfonamides is 1. The number of rotatable bonds is 7. The summed E-state index contributed by atoms with van der Waals surface area (Å²) in [5.41, 5.74) is 0.890. The summed E-state index contributed by atoms with van der Waals surface area (Å²) >= 11 is 0. The van der Waals surface area contributed by atoms with Gasteiger partial charge in [0.05, 0.1) is 42.0 Å². The predicted octanol–water partition coefficient (Wildman–Crippen LogP) is 1.60. The van der Waals surface area contributed by atoms with Crippen LogP contribution in [0.3, 0.4) is 0 Å². The summed E-state index contributed by atoms with van der Waals surface area (Å²) in [5.74, 6) is -2.14. The molecule has 2 aromatic carbocycles. The van der Waals surface area contributed by atoms with Gasteiger partial charge >= 0.3 is 11.9 Å². The Labute approximate surface area is 191 Å². The molecule has 0 aromatic heterocycles. The second kappa shape index (κ2) is 10.6. The standard InChI is InChI=1S/C22H24N2O8S/c1-15-7-8-16(33(28,29)24-9-11-31-12-10-24)13-18(15)22(27)32-14-20(25)23-19-6-4-3-5-17(19)21(26)30-2/h3-8,13H,9-12,14H2,1-2H3,(H,23,25). The van der Waals surface area contributed by atoms with E-state index in [-0.39, 0.29) is 34.8 Å². The maximum absolute atomic E-state index is 12.9. The van der Waals surface area contributed by atoms with Gasteiger partial charge in [0.15, 0.2) is 6.61 Å². The molecule has 176 valence electrons. The van der Waals surface area contributed by atoms with Crippen LogP contribution in [-0.2, 0) is 29.0 Å². The van der Waals surface area contributed by atoms with E-state index in [0.717, 1.165) is 0 Å². The van der Waals surface area contributed by atoms with Gasteiger partial charge in [-0.2, -0.15) is 4.31 Å². The van der Waals surface area contributed by atoms with E-state index in [1.165, 1.54) is 41.7 Å². The Morgan fingerprint density at radius 2 is 1.73 bits per heavy atom. The number of morpholine rings is 1. The number of ether oxygens (including phenoxy) is 3. The van der Waals surface area contributed by atoms with E-state index in [4.69, 9.17) is 9.47 Å². The molecule has 0 spiro atoms. The number of hydrogen-bond acceptors (Lipinski definition) is 8. The van der Waals surface area contributed by atoms with Crippen LogP contribution < -0.4 is 5.32 Å². The molecule has 2 aromatic rings. The lowest BCUT2D eigenvalue weighted by Crippen LogP contribution is -2.40. The zero-order valence-corrected chi connectivity index (χ0v) is 19.0. The fourth-order valence-electron chi connectivity index (χ4n) is 3.19. The zero-order chi connectivity index (χ0) is 24.0. The monoisotopic (exact) mass is 476 g/mol. The Hall–Kier alpha value is -3.28. The second-order valence-corrected chi connectivity index (χ2v) is 9.09. The third kappa shape index (κ3) is 5.75. The number of aryl methyl sites for hydroxylation is 1. The van der Waals surface area contributed by atoms with Crippen molar-refractivity contribution in [2.75, 3.05) is 45.3 Å². The van der Waals surface area contributed by atoms with Crippen molar-refractivity contribution in [1.29, 1.82) is 0 Å². The van der Waals surface area contributed by atoms with Crippen molar-refractivity contribution in [3.63, 3.8) is 0 Å². The lowest BCUT2D eigenvalue weighted by atomic mass is 10.1. The van der Waals surface area contributed by atoms with Crippen molar-refractivity contribution < 1.29 is 37.0 Å². The molecule has 0 unspecified atom stereocenters. The third-order valence-corrected chi connectivity index (χ3v) is 6.87. The molecule has 0 atom stereocenters. The van der Waals surface area contributed by atoms with Crippen LogP contribution in [0.2, 0.25) is 0 Å². The number of carbonyl (C=O) groups is 3. The van der Waals surface area contributed by atoms with E-state index in [1.807, 2.05) is 0 Å². The van der Waals surface area contributed by atoms with Gasteiger partial charge in [0.2, 0.25) is 10.0 Å². The first-order chi connectivity index (χ1) is 15.7. The highest BCUT2D eigenvalue weighted by atomic mass is 32.2. The smallest absolute Gasteiger partial charge is 0.339 e. The van der Waals surface area contributed by atoms with Gasteiger partial charge < -0.3 is 19.5 Å². The van der Waals surface area contributed by atoms with Gasteiger partial charge in [-0.15, -0.1) is 0 Å². The number of benzene rings is 2. The molecule has 0 radical (unpaired) electrons. The molecule has 1 N–H and O–H groups in total. The van der Waals surface area contributed by atoms with E-state index in [9.17, 15) is 22.8 Å². The van der Waals surface area contributed by atoms with Crippen LogP contribution in [0.15, 0.2) is 47.4 Å². The quantitative estimate of drug-likeness (QED) is 0.597. The molecule has 1 amide bonds. The fourth-order valence-corrected chi connectivity index (χ4v) is 4.63. The van der Waals surface area contributed by atoms with Crippen molar-refractivity contribution in [1.82, 2.24) is 4.31 Å². The Morgan fingerprint density at radius 1 is 1.03 bits per heavy atom. The molecule has 1 fully saturated rings. The molecular formula is C22H24N2O8S. The minimum absolute atomic E-state index is 0.0343. The van der Waals surface area contributed by atoms with E-state index >= 15 is 0 Å². The van der Waals surface area contributed by atoms with Gasteiger partial charge in [-0.3, -0.25) is 4.79 Å². The van der Waals surface area contributed by atoms with Crippen LogP contribution in [0.1, 0.15) is 26.3 Å². The van der Waals surface area contributed by atoms with Crippen LogP contribution >= 0.6 is 0 Å². The van der Waals surface area contributed by atoms with Crippen LogP contribution in [0.5, 0.6) is 0 Å². The fraction of sp³-hybridized carbons (Fsp3) is 0.318. The lowest BCUT2D eigenvalue weighted by Gasteiger charge is -2.26. The Bertz CT molecular complexity index is 1160. The summed E-state index contributed by atoms with van der Waals surface area (Å²) in [7, 11) is -2.58. The van der Waals surface area contributed by atoms with Crippen molar-refractivity contribution in [3.05, 3.63) is 59.2 Å². The molecule has 1 aliphatic heterocycles. The highest BCUT2D eigenvalue weighted by Crippen LogP contribution is 2.21. The SMILES string of the molecule is COC(=O)c1ccccc1NC(=O)COC(=O)c1cc(S(=O)(=O)N2CCOCC2)ccc1C. The number of amides is 1. The summed E-state index contributed by atoms with van der Waals surface area (Å²) in [4.78, 5) is 36.6. The number of nitrogens with one attached hydrogen (secondary N) is 1. The van der Waals surface area contributed by atoms with Gasteiger partial charge in [-0.1, -0.05) is 18.2 Å². The zero-order valence-electron chi connectivity index (χ0n) is 18.2. The molecule has 0 aliphatic carbocycles. The normalized spacial score (nSPS) is 14.4. The summed E-state index contributed by atoms with van der Waals surface area (Å²) < 4.78 is 42.0. The summed E-state index contributed by atoms with van der Waals surface area (Å²) in [6.07, 6.45) is 0. The van der Waals surface area contributed by atoms with Crippen LogP contribution in [-0.4, -0.2) is 70.6 Å². The maximum atomic E-state index is 12.9. The van der Waals surface area contributed by atoms with E-state index < -0.39 is 34.5 Å². The molecule has 0 saturated carbocycles. The first-order valence-electron chi connectivity index (χ1n) is 10.1. The molecule has 3 rings (SSSR count). The number of para-hydroxylation sites is 1. The Morgan fingerprint density at radius 3 is 2.42 bits per heavy atom. The average molecular weight is 477 g/mol. The molecular weight excluding hydrogens is 452 g/mol. The maximum Gasteiger partial charge on any atom is 0.339 e. The predicted molar refractivity (Wildman–Crippen MR) is 117 cm³/mol. The lowest BCUT2D eigenvalue weighted by molar-refractivity contribution is -0.119. The van der Waals surface area contributed by atoms with Gasteiger partial charge in [0.1, 0.15) is 0 Å². The highest BCUT2D eigenvalue weighted by molar-refractivity contribution is 7.89. The number of carbonyl (C=O) groups excluding carboxylic acids is 3. The number of esters is 2. The third-order valence-electron chi connectivity index (χ3n) is 4.98. The molecule has 33 heavy (non-hydrogen) atoms. The van der Waals surface area contributed by atoms with Crippen LogP contribution in [0, 0.1) is 6.92 Å². The minimum atomic E-state index is -3.80. The van der Waals surface area contributed by atoms with Gasteiger partial charge in [-0.05, 0) is 36.8 Å². The summed E-state index contributed by atoms with van der Waals surface area (Å²) in [6.45, 7) is 2.05. The summed E-state index contributed by atoms with van der Waals surface area (Å²) in [6, 6.07) is 10.4. The van der Waals surface area contributed by atoms with Gasteiger partial charge in [0.25, 0.3) is 5.91 Å². The minimum Gasteiger partial charge on any atom is -0.465 e. The molecule has 11 heteroatoms. The van der Waals surface area contributed by atoms with Crippen LogP contribution in [0.25, 0.3) is 0 Å². The van der Waals surface area contributed by atoms with Crippen molar-refractivity contribution >= 4 is 33.6 Å². The number of methoxy groups -OCH3 is 1. The molecule has 0 bridgehead atoms.